The fourth-order valence-corrected chi connectivity index (χ4v) is 1.12. The molecule has 0 aliphatic rings. The van der Waals surface area contributed by atoms with Crippen LogP contribution in [0.1, 0.15) is 23.4 Å². The van der Waals surface area contributed by atoms with Gasteiger partial charge in [-0.1, -0.05) is 18.2 Å². The first-order valence-corrected chi connectivity index (χ1v) is 4.28. The average Bonchev–Trinajstić information content (AvgIpc) is 2.09. The molecule has 2 heteroatoms. The lowest BCUT2D eigenvalue weighted by Crippen LogP contribution is -1.88. The molecule has 13 heavy (non-hydrogen) atoms. The molecule has 0 radical (unpaired) electrons. The van der Waals surface area contributed by atoms with Crippen LogP contribution in [0.5, 0.6) is 0 Å². The number of rotatable bonds is 3. The molecule has 0 aliphatic carbocycles. The largest absolute Gasteiger partial charge is 0.303 e. The summed E-state index contributed by atoms with van der Waals surface area (Å²) in [5, 5.41) is 0. The minimum atomic E-state index is 0.466. The van der Waals surface area contributed by atoms with Gasteiger partial charge in [0.1, 0.15) is 6.29 Å². The highest BCUT2D eigenvalue weighted by atomic mass is 16.1. The van der Waals surface area contributed by atoms with E-state index < -0.39 is 0 Å². The van der Waals surface area contributed by atoms with Gasteiger partial charge in [-0.2, -0.15) is 0 Å². The third-order valence-electron chi connectivity index (χ3n) is 1.80. The van der Waals surface area contributed by atoms with E-state index >= 15 is 0 Å². The van der Waals surface area contributed by atoms with Gasteiger partial charge in [0.25, 0.3) is 0 Å². The molecular formula is C11H13NO. The highest BCUT2D eigenvalue weighted by molar-refractivity contribution is 5.58. The molecule has 1 heterocycles. The van der Waals surface area contributed by atoms with Crippen LogP contribution in [0.15, 0.2) is 18.2 Å². The molecule has 2 nitrogen and oxygen atoms in total. The Labute approximate surface area is 78.3 Å². The maximum atomic E-state index is 10.1. The molecule has 0 N–H and O–H groups in total. The van der Waals surface area contributed by atoms with E-state index in [2.05, 4.69) is 4.98 Å². The van der Waals surface area contributed by atoms with Crippen LogP contribution < -0.4 is 0 Å². The average molecular weight is 175 g/mol. The smallest absolute Gasteiger partial charge is 0.123 e. The standard InChI is InChI=1S/C11H13NO/c1-9-6-7-11(10(2)12-9)5-3-4-8-13/h3,5-8H,4H2,1-2H3. The normalized spacial score (nSPS) is 10.6. The van der Waals surface area contributed by atoms with Crippen molar-refractivity contribution >= 4 is 12.4 Å². The van der Waals surface area contributed by atoms with Crippen molar-refractivity contribution in [3.63, 3.8) is 0 Å². The maximum Gasteiger partial charge on any atom is 0.123 e. The van der Waals surface area contributed by atoms with Gasteiger partial charge in [-0.05, 0) is 25.5 Å². The Morgan fingerprint density at radius 2 is 2.15 bits per heavy atom. The zero-order valence-corrected chi connectivity index (χ0v) is 7.95. The van der Waals surface area contributed by atoms with Crippen LogP contribution in [-0.2, 0) is 4.79 Å². The van der Waals surface area contributed by atoms with Gasteiger partial charge in [0.05, 0.1) is 0 Å². The second-order valence-electron chi connectivity index (χ2n) is 2.93. The van der Waals surface area contributed by atoms with Crippen molar-refractivity contribution in [2.45, 2.75) is 20.3 Å². The number of aldehydes is 1. The minimum Gasteiger partial charge on any atom is -0.303 e. The summed E-state index contributed by atoms with van der Waals surface area (Å²) in [6.45, 7) is 3.93. The first-order chi connectivity index (χ1) is 6.24. The Balaban J connectivity index is 2.83. The molecule has 0 aromatic carbocycles. The zero-order chi connectivity index (χ0) is 9.68. The summed E-state index contributed by atoms with van der Waals surface area (Å²) in [4.78, 5) is 14.4. The van der Waals surface area contributed by atoms with Gasteiger partial charge in [-0.3, -0.25) is 4.98 Å². The van der Waals surface area contributed by atoms with E-state index in [1.54, 1.807) is 0 Å². The molecule has 0 amide bonds. The lowest BCUT2D eigenvalue weighted by atomic mass is 10.1. The maximum absolute atomic E-state index is 10.1. The van der Waals surface area contributed by atoms with Crippen molar-refractivity contribution in [3.05, 3.63) is 35.2 Å². The van der Waals surface area contributed by atoms with Crippen LogP contribution in [0.25, 0.3) is 6.08 Å². The van der Waals surface area contributed by atoms with Crippen molar-refractivity contribution in [1.82, 2.24) is 4.98 Å². The highest BCUT2D eigenvalue weighted by Crippen LogP contribution is 2.08. The van der Waals surface area contributed by atoms with E-state index in [9.17, 15) is 4.79 Å². The summed E-state index contributed by atoms with van der Waals surface area (Å²) in [6.07, 6.45) is 5.11. The molecule has 0 atom stereocenters. The fraction of sp³-hybridized carbons (Fsp3) is 0.273. The Bertz CT molecular complexity index is 329. The van der Waals surface area contributed by atoms with Gasteiger partial charge < -0.3 is 4.79 Å². The van der Waals surface area contributed by atoms with Crippen LogP contribution in [-0.4, -0.2) is 11.3 Å². The van der Waals surface area contributed by atoms with Crippen LogP contribution in [0.3, 0.4) is 0 Å². The summed E-state index contributed by atoms with van der Waals surface area (Å²) in [5.74, 6) is 0. The Hall–Kier alpha value is -1.44. The van der Waals surface area contributed by atoms with E-state index in [0.29, 0.717) is 6.42 Å². The van der Waals surface area contributed by atoms with E-state index in [1.807, 2.05) is 38.1 Å². The van der Waals surface area contributed by atoms with Gasteiger partial charge in [0.2, 0.25) is 0 Å². The monoisotopic (exact) mass is 175 g/mol. The van der Waals surface area contributed by atoms with Crippen molar-refractivity contribution < 1.29 is 4.79 Å². The van der Waals surface area contributed by atoms with Gasteiger partial charge in [-0.15, -0.1) is 0 Å². The molecule has 0 unspecified atom stereocenters. The Morgan fingerprint density at radius 1 is 1.38 bits per heavy atom. The molecule has 1 aromatic rings. The number of aromatic nitrogens is 1. The second kappa shape index (κ2) is 4.55. The molecule has 1 rings (SSSR count). The Kier molecular flexibility index (Phi) is 3.38. The number of nitrogens with zero attached hydrogens (tertiary/aromatic N) is 1. The summed E-state index contributed by atoms with van der Waals surface area (Å²) >= 11 is 0. The van der Waals surface area contributed by atoms with Gasteiger partial charge in [0, 0.05) is 17.8 Å². The fourth-order valence-electron chi connectivity index (χ4n) is 1.12. The molecule has 1 aromatic heterocycles. The van der Waals surface area contributed by atoms with Gasteiger partial charge >= 0.3 is 0 Å². The number of hydrogen-bond acceptors (Lipinski definition) is 2. The van der Waals surface area contributed by atoms with Crippen LogP contribution >= 0.6 is 0 Å². The number of carbonyl (C=O) groups excluding carboxylic acids is 1. The summed E-state index contributed by atoms with van der Waals surface area (Å²) in [7, 11) is 0. The topological polar surface area (TPSA) is 30.0 Å². The molecule has 0 saturated heterocycles. The molecule has 0 fully saturated rings. The third-order valence-corrected chi connectivity index (χ3v) is 1.80. The van der Waals surface area contributed by atoms with E-state index in [-0.39, 0.29) is 0 Å². The number of aryl methyl sites for hydroxylation is 2. The predicted molar refractivity (Wildman–Crippen MR) is 53.4 cm³/mol. The number of hydrogen-bond donors (Lipinski definition) is 0. The lowest BCUT2D eigenvalue weighted by Gasteiger charge is -1.99. The summed E-state index contributed by atoms with van der Waals surface area (Å²) in [5.41, 5.74) is 3.10. The molecule has 0 saturated carbocycles. The van der Waals surface area contributed by atoms with E-state index in [4.69, 9.17) is 0 Å². The Morgan fingerprint density at radius 3 is 2.77 bits per heavy atom. The first kappa shape index (κ1) is 9.65. The third kappa shape index (κ3) is 2.82. The lowest BCUT2D eigenvalue weighted by molar-refractivity contribution is -0.107. The SMILES string of the molecule is Cc1ccc(C=CCC=O)c(C)n1. The van der Waals surface area contributed by atoms with Gasteiger partial charge in [-0.25, -0.2) is 0 Å². The number of carbonyl (C=O) groups is 1. The molecule has 0 spiro atoms. The summed E-state index contributed by atoms with van der Waals surface area (Å²) in [6, 6.07) is 3.98. The molecule has 68 valence electrons. The second-order valence-corrected chi connectivity index (χ2v) is 2.93. The molecule has 0 bridgehead atoms. The van der Waals surface area contributed by atoms with Crippen LogP contribution in [0, 0.1) is 13.8 Å². The zero-order valence-electron chi connectivity index (χ0n) is 7.95. The first-order valence-electron chi connectivity index (χ1n) is 4.28. The minimum absolute atomic E-state index is 0.466. The molecular weight excluding hydrogens is 162 g/mol. The van der Waals surface area contributed by atoms with E-state index in [1.165, 1.54) is 0 Å². The van der Waals surface area contributed by atoms with Gasteiger partial charge in [0.15, 0.2) is 0 Å². The quantitative estimate of drug-likeness (QED) is 0.660. The predicted octanol–water partition coefficient (Wildman–Crippen LogP) is 2.30. The molecule has 0 aliphatic heterocycles. The number of allylic oxidation sites excluding steroid dienone is 1. The van der Waals surface area contributed by atoms with Crippen molar-refractivity contribution in [1.29, 1.82) is 0 Å². The van der Waals surface area contributed by atoms with Crippen LogP contribution in [0.4, 0.5) is 0 Å². The summed E-state index contributed by atoms with van der Waals surface area (Å²) < 4.78 is 0. The number of pyridine rings is 1. The van der Waals surface area contributed by atoms with Crippen molar-refractivity contribution in [2.24, 2.45) is 0 Å². The van der Waals surface area contributed by atoms with Crippen molar-refractivity contribution in [3.8, 4) is 0 Å². The van der Waals surface area contributed by atoms with E-state index in [0.717, 1.165) is 23.2 Å². The van der Waals surface area contributed by atoms with Crippen LogP contribution in [0.2, 0.25) is 0 Å². The van der Waals surface area contributed by atoms with Crippen molar-refractivity contribution in [2.75, 3.05) is 0 Å². The highest BCUT2D eigenvalue weighted by Gasteiger charge is 1.94.